The number of carbonyl (C=O) groups excluding carboxylic acids is 2. The summed E-state index contributed by atoms with van der Waals surface area (Å²) in [5, 5.41) is 12.4. The van der Waals surface area contributed by atoms with E-state index >= 15 is 0 Å². The minimum absolute atomic E-state index is 0.0175. The van der Waals surface area contributed by atoms with Gasteiger partial charge in [0.25, 0.3) is 0 Å². The fourth-order valence-electron chi connectivity index (χ4n) is 1.65. The molecule has 1 rings (SSSR count). The van der Waals surface area contributed by atoms with Crippen molar-refractivity contribution in [2.75, 3.05) is 12.4 Å². The molecule has 0 aliphatic carbocycles. The van der Waals surface area contributed by atoms with Crippen LogP contribution >= 0.6 is 0 Å². The second kappa shape index (κ2) is 5.81. The van der Waals surface area contributed by atoms with Crippen molar-refractivity contribution in [2.45, 2.75) is 33.3 Å². The molecule has 0 fully saturated rings. The van der Waals surface area contributed by atoms with Crippen LogP contribution in [0, 0.1) is 6.92 Å². The highest BCUT2D eigenvalue weighted by molar-refractivity contribution is 5.94. The standard InChI is InChI=1S/C14H19NO5/c1-8-6-9(7-16)12(19-5)10(11(8)17)15-13(18)20-14(2,3)4/h6-7,17H,1-5H3,(H,15,18). The van der Waals surface area contributed by atoms with Crippen molar-refractivity contribution in [3.63, 3.8) is 0 Å². The summed E-state index contributed by atoms with van der Waals surface area (Å²) in [5.74, 6) is -0.0766. The third-order valence-electron chi connectivity index (χ3n) is 2.43. The Hall–Kier alpha value is -2.24. The lowest BCUT2D eigenvalue weighted by Crippen LogP contribution is -2.27. The lowest BCUT2D eigenvalue weighted by atomic mass is 10.1. The summed E-state index contributed by atoms with van der Waals surface area (Å²) in [4.78, 5) is 22.8. The molecule has 6 nitrogen and oxygen atoms in total. The smallest absolute Gasteiger partial charge is 0.412 e. The van der Waals surface area contributed by atoms with E-state index in [4.69, 9.17) is 9.47 Å². The van der Waals surface area contributed by atoms with Crippen molar-refractivity contribution >= 4 is 18.1 Å². The van der Waals surface area contributed by atoms with Crippen LogP contribution in [0.5, 0.6) is 11.5 Å². The van der Waals surface area contributed by atoms with Gasteiger partial charge in [0.05, 0.1) is 12.7 Å². The number of methoxy groups -OCH3 is 1. The van der Waals surface area contributed by atoms with Crippen molar-refractivity contribution in [3.8, 4) is 11.5 Å². The Morgan fingerprint density at radius 2 is 2.00 bits per heavy atom. The summed E-state index contributed by atoms with van der Waals surface area (Å²) in [7, 11) is 1.34. The molecule has 0 saturated carbocycles. The van der Waals surface area contributed by atoms with Crippen LogP contribution in [0.3, 0.4) is 0 Å². The Bertz CT molecular complexity index is 531. The Morgan fingerprint density at radius 3 is 2.45 bits per heavy atom. The number of anilines is 1. The highest BCUT2D eigenvalue weighted by atomic mass is 16.6. The van der Waals surface area contributed by atoms with Gasteiger partial charge in [-0.1, -0.05) is 0 Å². The molecule has 6 heteroatoms. The van der Waals surface area contributed by atoms with Gasteiger partial charge >= 0.3 is 6.09 Å². The van der Waals surface area contributed by atoms with Crippen LogP contribution in [-0.2, 0) is 4.74 Å². The summed E-state index contributed by atoms with van der Waals surface area (Å²) in [6.45, 7) is 6.77. The lowest BCUT2D eigenvalue weighted by molar-refractivity contribution is 0.0634. The number of aryl methyl sites for hydroxylation is 1. The van der Waals surface area contributed by atoms with E-state index in [1.165, 1.54) is 13.2 Å². The molecule has 0 aliphatic heterocycles. The van der Waals surface area contributed by atoms with Gasteiger partial charge in [-0.15, -0.1) is 0 Å². The van der Waals surface area contributed by atoms with Crippen LogP contribution in [0.4, 0.5) is 10.5 Å². The fraction of sp³-hybridized carbons (Fsp3) is 0.429. The zero-order chi connectivity index (χ0) is 15.5. The average molecular weight is 281 g/mol. The SMILES string of the molecule is COc1c(C=O)cc(C)c(O)c1NC(=O)OC(C)(C)C. The number of hydrogen-bond acceptors (Lipinski definition) is 5. The average Bonchev–Trinajstić information content (AvgIpc) is 2.32. The molecule has 0 spiro atoms. The molecule has 0 bridgehead atoms. The Labute approximate surface area is 117 Å². The Morgan fingerprint density at radius 1 is 1.40 bits per heavy atom. The summed E-state index contributed by atoms with van der Waals surface area (Å²) in [6, 6.07) is 1.47. The van der Waals surface area contributed by atoms with Crippen LogP contribution in [-0.4, -0.2) is 30.2 Å². The van der Waals surface area contributed by atoms with E-state index in [1.807, 2.05) is 0 Å². The molecule has 0 unspecified atom stereocenters. The number of phenolic OH excluding ortho intramolecular Hbond substituents is 1. The van der Waals surface area contributed by atoms with E-state index in [9.17, 15) is 14.7 Å². The van der Waals surface area contributed by atoms with E-state index < -0.39 is 11.7 Å². The first-order valence-corrected chi connectivity index (χ1v) is 6.05. The lowest BCUT2D eigenvalue weighted by Gasteiger charge is -2.21. The molecule has 2 N–H and O–H groups in total. The summed E-state index contributed by atoms with van der Waals surface area (Å²) >= 11 is 0. The minimum atomic E-state index is -0.742. The predicted molar refractivity (Wildman–Crippen MR) is 74.6 cm³/mol. The van der Waals surface area contributed by atoms with Crippen molar-refractivity contribution in [1.29, 1.82) is 0 Å². The second-order valence-electron chi connectivity index (χ2n) is 5.28. The maximum Gasteiger partial charge on any atom is 0.412 e. The van der Waals surface area contributed by atoms with Crippen molar-refractivity contribution in [2.24, 2.45) is 0 Å². The number of benzene rings is 1. The molecule has 0 aromatic heterocycles. The first kappa shape index (κ1) is 15.8. The van der Waals surface area contributed by atoms with Crippen LogP contribution in [0.1, 0.15) is 36.7 Å². The number of aldehydes is 1. The van der Waals surface area contributed by atoms with Gasteiger partial charge in [-0.2, -0.15) is 0 Å². The van der Waals surface area contributed by atoms with E-state index in [1.54, 1.807) is 27.7 Å². The normalized spacial score (nSPS) is 10.8. The van der Waals surface area contributed by atoms with E-state index in [0.29, 0.717) is 11.8 Å². The maximum absolute atomic E-state index is 11.8. The minimum Gasteiger partial charge on any atom is -0.505 e. The van der Waals surface area contributed by atoms with Gasteiger partial charge in [0.2, 0.25) is 0 Å². The third kappa shape index (κ3) is 3.63. The van der Waals surface area contributed by atoms with Crippen LogP contribution in [0.15, 0.2) is 6.07 Å². The maximum atomic E-state index is 11.8. The molecule has 0 saturated heterocycles. The number of carbonyl (C=O) groups is 2. The first-order chi connectivity index (χ1) is 9.19. The van der Waals surface area contributed by atoms with Crippen LogP contribution in [0.2, 0.25) is 0 Å². The van der Waals surface area contributed by atoms with E-state index in [2.05, 4.69) is 5.32 Å². The number of nitrogens with one attached hydrogen (secondary N) is 1. The number of rotatable bonds is 3. The molecule has 0 radical (unpaired) electrons. The van der Waals surface area contributed by atoms with Gasteiger partial charge in [-0.3, -0.25) is 10.1 Å². The van der Waals surface area contributed by atoms with Gasteiger partial charge in [-0.05, 0) is 39.3 Å². The molecule has 0 aliphatic rings. The topological polar surface area (TPSA) is 84.9 Å². The monoisotopic (exact) mass is 281 g/mol. The summed E-state index contributed by atoms with van der Waals surface area (Å²) in [6.07, 6.45) is -0.153. The van der Waals surface area contributed by atoms with Gasteiger partial charge in [0, 0.05) is 0 Å². The van der Waals surface area contributed by atoms with Crippen molar-refractivity contribution < 1.29 is 24.2 Å². The highest BCUT2D eigenvalue weighted by Gasteiger charge is 2.22. The van der Waals surface area contributed by atoms with Crippen LogP contribution in [0.25, 0.3) is 0 Å². The number of phenols is 1. The molecule has 1 aromatic carbocycles. The molecule has 0 atom stereocenters. The number of ether oxygens (including phenoxy) is 2. The zero-order valence-corrected chi connectivity index (χ0v) is 12.2. The second-order valence-corrected chi connectivity index (χ2v) is 5.28. The zero-order valence-electron chi connectivity index (χ0n) is 12.2. The molecule has 1 aromatic rings. The summed E-state index contributed by atoms with van der Waals surface area (Å²) < 4.78 is 10.2. The van der Waals surface area contributed by atoms with Gasteiger partial charge < -0.3 is 14.6 Å². The van der Waals surface area contributed by atoms with Gasteiger partial charge in [0.1, 0.15) is 17.0 Å². The third-order valence-corrected chi connectivity index (χ3v) is 2.43. The quantitative estimate of drug-likeness (QED) is 0.657. The van der Waals surface area contributed by atoms with E-state index in [-0.39, 0.29) is 22.7 Å². The number of aromatic hydroxyl groups is 1. The Kier molecular flexibility index (Phi) is 4.60. The largest absolute Gasteiger partial charge is 0.505 e. The molecular weight excluding hydrogens is 262 g/mol. The number of hydrogen-bond donors (Lipinski definition) is 2. The van der Waals surface area contributed by atoms with Crippen molar-refractivity contribution in [3.05, 3.63) is 17.2 Å². The molecule has 110 valence electrons. The predicted octanol–water partition coefficient (Wildman–Crippen LogP) is 2.87. The molecular formula is C14H19NO5. The molecule has 0 heterocycles. The molecule has 1 amide bonds. The Balaban J connectivity index is 3.19. The van der Waals surface area contributed by atoms with Crippen LogP contribution < -0.4 is 10.1 Å². The molecule has 20 heavy (non-hydrogen) atoms. The van der Waals surface area contributed by atoms with E-state index in [0.717, 1.165) is 0 Å². The van der Waals surface area contributed by atoms with Crippen molar-refractivity contribution in [1.82, 2.24) is 0 Å². The van der Waals surface area contributed by atoms with Gasteiger partial charge in [-0.25, -0.2) is 4.79 Å². The highest BCUT2D eigenvalue weighted by Crippen LogP contribution is 2.39. The summed E-state index contributed by atoms with van der Waals surface area (Å²) in [5.41, 5.74) is 0.0150. The fourth-order valence-corrected chi connectivity index (χ4v) is 1.65. The number of amides is 1. The first-order valence-electron chi connectivity index (χ1n) is 6.05. The van der Waals surface area contributed by atoms with Gasteiger partial charge in [0.15, 0.2) is 12.0 Å².